The smallest absolute Gasteiger partial charge is 0.267 e. The van der Waals surface area contributed by atoms with Crippen molar-refractivity contribution in [3.8, 4) is 22.6 Å². The second kappa shape index (κ2) is 8.01. The molecule has 0 saturated carbocycles. The minimum Gasteiger partial charge on any atom is -0.344 e. The van der Waals surface area contributed by atoms with E-state index in [-0.39, 0.29) is 42.7 Å². The van der Waals surface area contributed by atoms with Crippen LogP contribution in [0.1, 0.15) is 18.7 Å². The highest BCUT2D eigenvalue weighted by Crippen LogP contribution is 2.29. The maximum absolute atomic E-state index is 13.7. The number of halogens is 1. The Hall–Kier alpha value is -3.88. The highest BCUT2D eigenvalue weighted by Gasteiger charge is 2.20. The van der Waals surface area contributed by atoms with Crippen LogP contribution < -0.4 is 10.7 Å². The number of benzene rings is 1. The number of carbonyl (C=O) groups is 2. The van der Waals surface area contributed by atoms with Gasteiger partial charge in [-0.2, -0.15) is 5.10 Å². The second-order valence-corrected chi connectivity index (χ2v) is 6.41. The van der Waals surface area contributed by atoms with Gasteiger partial charge in [-0.25, -0.2) is 14.8 Å². The number of hydrogen-bond donors (Lipinski definition) is 3. The van der Waals surface area contributed by atoms with Crippen molar-refractivity contribution in [1.29, 1.82) is 0 Å². The van der Waals surface area contributed by atoms with Gasteiger partial charge in [0.15, 0.2) is 0 Å². The van der Waals surface area contributed by atoms with Gasteiger partial charge in [0.25, 0.3) is 5.91 Å². The van der Waals surface area contributed by atoms with E-state index in [1.807, 2.05) is 12.1 Å². The Morgan fingerprint density at radius 2 is 2.07 bits per heavy atom. The molecule has 2 amide bonds. The van der Waals surface area contributed by atoms with E-state index >= 15 is 0 Å². The number of nitrogens with zero attached hydrogens (tertiary/aromatic N) is 3. The first-order valence-corrected chi connectivity index (χ1v) is 9.00. The number of rotatable bonds is 5. The zero-order valence-corrected chi connectivity index (χ0v) is 15.3. The molecule has 3 N–H and O–H groups in total. The zero-order chi connectivity index (χ0) is 20.2. The van der Waals surface area contributed by atoms with Crippen molar-refractivity contribution in [2.45, 2.75) is 19.4 Å². The van der Waals surface area contributed by atoms with Gasteiger partial charge in [-0.05, 0) is 24.3 Å². The largest absolute Gasteiger partial charge is 0.344 e. The normalized spacial score (nSPS) is 13.6. The quantitative estimate of drug-likeness (QED) is 0.618. The van der Waals surface area contributed by atoms with E-state index in [1.54, 1.807) is 24.4 Å². The Morgan fingerprint density at radius 1 is 1.17 bits per heavy atom. The molecule has 0 fully saturated rings. The predicted molar refractivity (Wildman–Crippen MR) is 104 cm³/mol. The summed E-state index contributed by atoms with van der Waals surface area (Å²) in [7, 11) is 0. The van der Waals surface area contributed by atoms with E-state index in [2.05, 4.69) is 30.8 Å². The van der Waals surface area contributed by atoms with Crippen molar-refractivity contribution in [2.75, 3.05) is 0 Å². The number of pyridine rings is 1. The SMILES string of the molecule is O=C1CCC(C(=O)NCc2nc(-c3cccc(F)c3)c(-c3ccccn3)[nH]2)=NN1. The highest BCUT2D eigenvalue weighted by molar-refractivity contribution is 6.39. The second-order valence-electron chi connectivity index (χ2n) is 6.41. The third kappa shape index (κ3) is 4.18. The van der Waals surface area contributed by atoms with Crippen LogP contribution in [0.3, 0.4) is 0 Å². The molecule has 1 aromatic carbocycles. The van der Waals surface area contributed by atoms with Crippen LogP contribution >= 0.6 is 0 Å². The highest BCUT2D eigenvalue weighted by atomic mass is 19.1. The molecule has 3 aromatic rings. The molecule has 0 atom stereocenters. The lowest BCUT2D eigenvalue weighted by molar-refractivity contribution is -0.121. The van der Waals surface area contributed by atoms with Gasteiger partial charge in [0.1, 0.15) is 17.4 Å². The van der Waals surface area contributed by atoms with Crippen LogP contribution in [0.2, 0.25) is 0 Å². The molecular weight excluding hydrogens is 375 g/mol. The van der Waals surface area contributed by atoms with E-state index < -0.39 is 0 Å². The number of hydrazone groups is 1. The van der Waals surface area contributed by atoms with Crippen LogP contribution in [0.4, 0.5) is 4.39 Å². The number of imidazole rings is 1. The molecule has 4 rings (SSSR count). The van der Waals surface area contributed by atoms with Gasteiger partial charge in [-0.3, -0.25) is 14.6 Å². The Kier molecular flexibility index (Phi) is 5.10. The fourth-order valence-corrected chi connectivity index (χ4v) is 2.95. The molecule has 0 bridgehead atoms. The van der Waals surface area contributed by atoms with Gasteiger partial charge in [0.2, 0.25) is 5.91 Å². The molecule has 146 valence electrons. The Morgan fingerprint density at radius 3 is 2.79 bits per heavy atom. The van der Waals surface area contributed by atoms with E-state index in [4.69, 9.17) is 0 Å². The monoisotopic (exact) mass is 392 g/mol. The number of H-pyrrole nitrogens is 1. The van der Waals surface area contributed by atoms with Crippen molar-refractivity contribution in [2.24, 2.45) is 5.10 Å². The summed E-state index contributed by atoms with van der Waals surface area (Å²) in [5.41, 5.74) is 4.96. The number of amides is 2. The van der Waals surface area contributed by atoms with Gasteiger partial charge in [0, 0.05) is 24.6 Å². The molecule has 0 saturated heterocycles. The summed E-state index contributed by atoms with van der Waals surface area (Å²) in [6.07, 6.45) is 2.16. The standard InChI is InChI=1S/C20H17FN6O2/c21-13-5-3-4-12(10-13)18-19(14-6-1-2-9-22-14)25-16(24-18)11-23-20(29)15-7-8-17(28)27-26-15/h1-6,9-10H,7-8,11H2,(H,23,29)(H,24,25)(H,27,28). The Balaban J connectivity index is 1.60. The summed E-state index contributed by atoms with van der Waals surface area (Å²) in [6, 6.07) is 11.6. The van der Waals surface area contributed by atoms with Crippen LogP contribution in [-0.2, 0) is 16.1 Å². The van der Waals surface area contributed by atoms with Gasteiger partial charge in [-0.1, -0.05) is 18.2 Å². The summed E-state index contributed by atoms with van der Waals surface area (Å²) >= 11 is 0. The zero-order valence-electron chi connectivity index (χ0n) is 15.3. The van der Waals surface area contributed by atoms with Crippen LogP contribution in [0.25, 0.3) is 22.6 Å². The first-order valence-electron chi connectivity index (χ1n) is 9.00. The average molecular weight is 392 g/mol. The summed E-state index contributed by atoms with van der Waals surface area (Å²) in [4.78, 5) is 35.4. The topological polar surface area (TPSA) is 112 Å². The average Bonchev–Trinajstić information content (AvgIpc) is 3.18. The lowest BCUT2D eigenvalue weighted by Crippen LogP contribution is -2.36. The summed E-state index contributed by atoms with van der Waals surface area (Å²) in [5.74, 6) is -0.483. The fourth-order valence-electron chi connectivity index (χ4n) is 2.95. The molecule has 0 aliphatic carbocycles. The van der Waals surface area contributed by atoms with E-state index in [0.29, 0.717) is 28.5 Å². The summed E-state index contributed by atoms with van der Waals surface area (Å²) in [5, 5.41) is 6.50. The van der Waals surface area contributed by atoms with E-state index in [1.165, 1.54) is 12.1 Å². The van der Waals surface area contributed by atoms with Crippen LogP contribution in [0.15, 0.2) is 53.8 Å². The minimum atomic E-state index is -0.381. The maximum atomic E-state index is 13.7. The molecule has 29 heavy (non-hydrogen) atoms. The molecule has 1 aliphatic rings. The molecule has 1 aliphatic heterocycles. The first kappa shape index (κ1) is 18.5. The predicted octanol–water partition coefficient (Wildman–Crippen LogP) is 2.16. The lowest BCUT2D eigenvalue weighted by Gasteiger charge is -2.11. The van der Waals surface area contributed by atoms with Crippen LogP contribution in [-0.4, -0.2) is 32.5 Å². The van der Waals surface area contributed by atoms with Gasteiger partial charge in [-0.15, -0.1) is 0 Å². The molecule has 0 radical (unpaired) electrons. The first-order chi connectivity index (χ1) is 14.1. The molecule has 9 heteroatoms. The number of hydrogen-bond acceptors (Lipinski definition) is 5. The Bertz CT molecular complexity index is 1090. The summed E-state index contributed by atoms with van der Waals surface area (Å²) < 4.78 is 13.7. The maximum Gasteiger partial charge on any atom is 0.267 e. The van der Waals surface area contributed by atoms with E-state index in [9.17, 15) is 14.0 Å². The molecule has 0 unspecified atom stereocenters. The van der Waals surface area contributed by atoms with Crippen molar-refractivity contribution < 1.29 is 14.0 Å². The number of aromatic amines is 1. The third-order valence-corrected chi connectivity index (χ3v) is 4.35. The van der Waals surface area contributed by atoms with Gasteiger partial charge in [0.05, 0.1) is 23.6 Å². The number of nitrogens with one attached hydrogen (secondary N) is 3. The molecular formula is C20H17FN6O2. The van der Waals surface area contributed by atoms with Gasteiger partial charge < -0.3 is 10.3 Å². The fraction of sp³-hybridized carbons (Fsp3) is 0.150. The Labute approximate surface area is 165 Å². The van der Waals surface area contributed by atoms with Crippen LogP contribution in [0, 0.1) is 5.82 Å². The van der Waals surface area contributed by atoms with Crippen molar-refractivity contribution in [3.05, 3.63) is 60.3 Å². The number of aromatic nitrogens is 3. The molecule has 8 nitrogen and oxygen atoms in total. The van der Waals surface area contributed by atoms with Crippen molar-refractivity contribution in [3.63, 3.8) is 0 Å². The molecule has 2 aromatic heterocycles. The van der Waals surface area contributed by atoms with E-state index in [0.717, 1.165) is 0 Å². The van der Waals surface area contributed by atoms with Crippen molar-refractivity contribution in [1.82, 2.24) is 25.7 Å². The van der Waals surface area contributed by atoms with Gasteiger partial charge >= 0.3 is 0 Å². The molecule has 3 heterocycles. The minimum absolute atomic E-state index is 0.112. The van der Waals surface area contributed by atoms with Crippen molar-refractivity contribution >= 4 is 17.5 Å². The van der Waals surface area contributed by atoms with Crippen LogP contribution in [0.5, 0.6) is 0 Å². The number of carbonyl (C=O) groups excluding carboxylic acids is 2. The molecule has 0 spiro atoms. The lowest BCUT2D eigenvalue weighted by atomic mass is 10.1. The summed E-state index contributed by atoms with van der Waals surface area (Å²) in [6.45, 7) is 0.112. The third-order valence-electron chi connectivity index (χ3n) is 4.35.